The van der Waals surface area contributed by atoms with Crippen LogP contribution in [0.4, 0.5) is 5.69 Å². The summed E-state index contributed by atoms with van der Waals surface area (Å²) in [4.78, 5) is 32.3. The molecule has 33 heavy (non-hydrogen) atoms. The van der Waals surface area contributed by atoms with Crippen molar-refractivity contribution in [2.45, 2.75) is 12.5 Å². The third-order valence-corrected chi connectivity index (χ3v) is 5.84. The number of carbonyl (C=O) groups is 2. The molecule has 0 saturated carbocycles. The van der Waals surface area contributed by atoms with Crippen LogP contribution in [-0.2, 0) is 18.3 Å². The number of para-hydroxylation sites is 2. The fourth-order valence-electron chi connectivity index (χ4n) is 4.08. The number of hydrogen-bond donors (Lipinski definition) is 1. The van der Waals surface area contributed by atoms with E-state index in [9.17, 15) is 9.59 Å². The minimum Gasteiger partial charge on any atom is -0.477 e. The molecule has 0 aliphatic carbocycles. The first-order valence-electron chi connectivity index (χ1n) is 10.9. The van der Waals surface area contributed by atoms with E-state index in [1.807, 2.05) is 66.2 Å². The van der Waals surface area contributed by atoms with E-state index in [1.54, 1.807) is 29.4 Å². The van der Waals surface area contributed by atoms with Gasteiger partial charge in [0, 0.05) is 19.2 Å². The number of hydrogen-bond acceptors (Lipinski definition) is 4. The number of ether oxygens (including phenoxy) is 1. The molecule has 7 nitrogen and oxygen atoms in total. The topological polar surface area (TPSA) is 76.5 Å². The summed E-state index contributed by atoms with van der Waals surface area (Å²) in [5, 5.41) is 2.94. The zero-order valence-electron chi connectivity index (χ0n) is 18.3. The summed E-state index contributed by atoms with van der Waals surface area (Å²) in [6, 6.07) is 22.7. The van der Waals surface area contributed by atoms with Gasteiger partial charge in [0.05, 0.1) is 29.6 Å². The highest BCUT2D eigenvalue weighted by Gasteiger charge is 2.34. The third kappa shape index (κ3) is 4.17. The highest BCUT2D eigenvalue weighted by molar-refractivity contribution is 6.09. The van der Waals surface area contributed by atoms with Gasteiger partial charge >= 0.3 is 0 Å². The van der Waals surface area contributed by atoms with Gasteiger partial charge in [0.15, 0.2) is 6.10 Å². The van der Waals surface area contributed by atoms with Gasteiger partial charge in [-0.2, -0.15) is 0 Å². The molecule has 3 aromatic carbocycles. The van der Waals surface area contributed by atoms with Crippen molar-refractivity contribution in [2.75, 3.05) is 18.0 Å². The number of nitrogens with zero attached hydrogens (tertiary/aromatic N) is 3. The minimum atomic E-state index is -0.793. The van der Waals surface area contributed by atoms with Crippen LogP contribution in [0.3, 0.4) is 0 Å². The second-order valence-electron chi connectivity index (χ2n) is 8.08. The van der Waals surface area contributed by atoms with E-state index >= 15 is 0 Å². The van der Waals surface area contributed by atoms with E-state index in [4.69, 9.17) is 4.74 Å². The lowest BCUT2D eigenvalue weighted by Crippen LogP contribution is -2.51. The maximum atomic E-state index is 13.5. The normalized spacial score (nSPS) is 15.1. The highest BCUT2D eigenvalue weighted by atomic mass is 16.5. The monoisotopic (exact) mass is 440 g/mol. The van der Waals surface area contributed by atoms with Crippen LogP contribution in [-0.4, -0.2) is 40.6 Å². The van der Waals surface area contributed by atoms with Crippen molar-refractivity contribution in [1.82, 2.24) is 14.9 Å². The van der Waals surface area contributed by atoms with E-state index in [0.717, 1.165) is 23.0 Å². The number of benzene rings is 3. The fraction of sp³-hybridized carbons (Fsp3) is 0.192. The second kappa shape index (κ2) is 8.78. The van der Waals surface area contributed by atoms with Crippen LogP contribution >= 0.6 is 0 Å². The summed E-state index contributed by atoms with van der Waals surface area (Å²) in [5.74, 6) is 0.0815. The number of rotatable bonds is 5. The van der Waals surface area contributed by atoms with E-state index in [1.165, 1.54) is 0 Å². The summed E-state index contributed by atoms with van der Waals surface area (Å²) in [7, 11) is 1.91. The van der Waals surface area contributed by atoms with Crippen molar-refractivity contribution in [2.24, 2.45) is 7.05 Å². The summed E-state index contributed by atoms with van der Waals surface area (Å²) in [6.45, 7) is 0.627. The Morgan fingerprint density at radius 2 is 1.85 bits per heavy atom. The van der Waals surface area contributed by atoms with E-state index < -0.39 is 6.10 Å². The Labute approximate surface area is 191 Å². The number of fused-ring (bicyclic) bond motifs is 2. The van der Waals surface area contributed by atoms with Crippen molar-refractivity contribution >= 4 is 28.5 Å². The van der Waals surface area contributed by atoms with Gasteiger partial charge in [-0.1, -0.05) is 42.5 Å². The molecule has 0 unspecified atom stereocenters. The summed E-state index contributed by atoms with van der Waals surface area (Å²) < 4.78 is 7.87. The predicted octanol–water partition coefficient (Wildman–Crippen LogP) is 3.34. The highest BCUT2D eigenvalue weighted by Crippen LogP contribution is 2.34. The van der Waals surface area contributed by atoms with E-state index in [0.29, 0.717) is 23.5 Å². The maximum absolute atomic E-state index is 13.5. The zero-order chi connectivity index (χ0) is 22.8. The van der Waals surface area contributed by atoms with Crippen LogP contribution in [0.5, 0.6) is 5.75 Å². The number of nitrogens with one attached hydrogen (secondary N) is 1. The Morgan fingerprint density at radius 3 is 2.70 bits per heavy atom. The minimum absolute atomic E-state index is 0.132. The van der Waals surface area contributed by atoms with Crippen LogP contribution in [0, 0.1) is 0 Å². The smallest absolute Gasteiger partial charge is 0.262 e. The van der Waals surface area contributed by atoms with Gasteiger partial charge < -0.3 is 19.5 Å². The molecule has 1 aromatic heterocycles. The average molecular weight is 441 g/mol. The van der Waals surface area contributed by atoms with Gasteiger partial charge in [0.2, 0.25) is 0 Å². The molecule has 7 heteroatoms. The van der Waals surface area contributed by atoms with Crippen molar-refractivity contribution in [3.8, 4) is 5.75 Å². The first-order chi connectivity index (χ1) is 16.1. The molecule has 5 rings (SSSR count). The van der Waals surface area contributed by atoms with Crippen LogP contribution in [0.15, 0.2) is 79.1 Å². The lowest BCUT2D eigenvalue weighted by atomic mass is 10.1. The first kappa shape index (κ1) is 20.8. The van der Waals surface area contributed by atoms with Crippen LogP contribution in [0.2, 0.25) is 0 Å². The van der Waals surface area contributed by atoms with E-state index in [2.05, 4.69) is 10.3 Å². The molecule has 0 radical (unpaired) electrons. The summed E-state index contributed by atoms with van der Waals surface area (Å²) in [6.07, 6.45) is 1.65. The number of aromatic nitrogens is 2. The summed E-state index contributed by atoms with van der Waals surface area (Å²) in [5.41, 5.74) is 4.01. The SMILES string of the molecule is Cn1cnc2cc(C(=O)N3C[C@H](C(=O)NCCc4ccccc4)Oc4ccccc43)ccc21. The van der Waals surface area contributed by atoms with Crippen molar-refractivity contribution in [1.29, 1.82) is 0 Å². The molecule has 1 N–H and O–H groups in total. The largest absolute Gasteiger partial charge is 0.477 e. The molecule has 2 amide bonds. The summed E-state index contributed by atoms with van der Waals surface area (Å²) >= 11 is 0. The maximum Gasteiger partial charge on any atom is 0.262 e. The number of carbonyl (C=O) groups excluding carboxylic acids is 2. The Hall–Kier alpha value is -4.13. The van der Waals surface area contributed by atoms with Gasteiger partial charge in [-0.05, 0) is 42.3 Å². The first-order valence-corrected chi connectivity index (χ1v) is 10.9. The number of anilines is 1. The van der Waals surface area contributed by atoms with Crippen molar-refractivity contribution in [3.05, 3.63) is 90.3 Å². The van der Waals surface area contributed by atoms with Crippen molar-refractivity contribution < 1.29 is 14.3 Å². The molecular formula is C26H24N4O3. The molecule has 0 fully saturated rings. The van der Waals surface area contributed by atoms with Gasteiger partial charge in [-0.25, -0.2) is 4.98 Å². The fourth-order valence-corrected chi connectivity index (χ4v) is 4.08. The average Bonchev–Trinajstić information content (AvgIpc) is 3.23. The van der Waals surface area contributed by atoms with Crippen LogP contribution < -0.4 is 15.0 Å². The Balaban J connectivity index is 1.35. The van der Waals surface area contributed by atoms with Gasteiger partial charge in [0.1, 0.15) is 5.75 Å². The zero-order valence-corrected chi connectivity index (χ0v) is 18.3. The van der Waals surface area contributed by atoms with Crippen LogP contribution in [0.1, 0.15) is 15.9 Å². The molecule has 0 bridgehead atoms. The van der Waals surface area contributed by atoms with Gasteiger partial charge in [0.25, 0.3) is 11.8 Å². The predicted molar refractivity (Wildman–Crippen MR) is 126 cm³/mol. The molecule has 4 aromatic rings. The molecule has 2 heterocycles. The molecule has 1 aliphatic heterocycles. The third-order valence-electron chi connectivity index (χ3n) is 5.84. The number of imidazole rings is 1. The standard InChI is InChI=1S/C26H24N4O3/c1-29-17-28-20-15-19(11-12-21(20)29)26(32)30-16-24(33-23-10-6-5-9-22(23)30)25(31)27-14-13-18-7-3-2-4-8-18/h2-12,15,17,24H,13-14,16H2,1H3,(H,27,31)/t24-/m1/s1. The van der Waals surface area contributed by atoms with Crippen molar-refractivity contribution in [3.63, 3.8) is 0 Å². The quantitative estimate of drug-likeness (QED) is 0.517. The Kier molecular flexibility index (Phi) is 5.52. The molecule has 166 valence electrons. The number of amides is 2. The molecule has 1 aliphatic rings. The molecule has 0 spiro atoms. The molecular weight excluding hydrogens is 416 g/mol. The lowest BCUT2D eigenvalue weighted by Gasteiger charge is -2.34. The Morgan fingerprint density at radius 1 is 1.06 bits per heavy atom. The lowest BCUT2D eigenvalue weighted by molar-refractivity contribution is -0.127. The molecule has 0 saturated heterocycles. The van der Waals surface area contributed by atoms with Gasteiger partial charge in [-0.3, -0.25) is 9.59 Å². The van der Waals surface area contributed by atoms with Crippen LogP contribution in [0.25, 0.3) is 11.0 Å². The van der Waals surface area contributed by atoms with E-state index in [-0.39, 0.29) is 18.4 Å². The second-order valence-corrected chi connectivity index (χ2v) is 8.08. The number of aryl methyl sites for hydroxylation is 1. The Bertz CT molecular complexity index is 1320. The molecule has 1 atom stereocenters. The van der Waals surface area contributed by atoms with Gasteiger partial charge in [-0.15, -0.1) is 0 Å².